The quantitative estimate of drug-likeness (QED) is 0.276. The van der Waals surface area contributed by atoms with Crippen LogP contribution in [0.25, 0.3) is 0 Å². The van der Waals surface area contributed by atoms with Crippen molar-refractivity contribution in [3.05, 3.63) is 69.7 Å². The molecule has 0 heterocycles. The smallest absolute Gasteiger partial charge is 0.347 e. The molecule has 0 unspecified atom stereocenters. The van der Waals surface area contributed by atoms with Crippen LogP contribution in [-0.2, 0) is 12.4 Å². The molecule has 0 spiro atoms. The maximum absolute atomic E-state index is 13.5. The van der Waals surface area contributed by atoms with Crippen LogP contribution in [0.2, 0.25) is 10.0 Å². The van der Waals surface area contributed by atoms with Crippen molar-refractivity contribution < 1.29 is 41.1 Å². The zero-order chi connectivity index (χ0) is 24.8. The van der Waals surface area contributed by atoms with Crippen LogP contribution in [0.15, 0.2) is 18.2 Å². The standard InChI is InChI=1S/C14H4Cl2F6N4O6/c15-6-3-7(25(29)30)9(14(20,21)22)10(16)12(6)23-11-5(13(17,18)19)1-4(24(27)28)2-8(11)26(31)32/h1-3,23H. The van der Waals surface area contributed by atoms with Crippen molar-refractivity contribution in [1.29, 1.82) is 0 Å². The van der Waals surface area contributed by atoms with Crippen molar-refractivity contribution >= 4 is 51.6 Å². The minimum Gasteiger partial charge on any atom is -0.347 e. The Bertz CT molecular complexity index is 1150. The summed E-state index contributed by atoms with van der Waals surface area (Å²) >= 11 is 11.2. The van der Waals surface area contributed by atoms with Gasteiger partial charge in [0.25, 0.3) is 17.1 Å². The number of benzene rings is 2. The Labute approximate surface area is 180 Å². The SMILES string of the molecule is O=[N+]([O-])c1cc([N+](=O)[O-])c(Nc2c(Cl)cc([N+](=O)[O-])c(C(F)(F)F)c2Cl)c(C(F)(F)F)c1. The molecule has 0 aliphatic rings. The first-order valence-electron chi connectivity index (χ1n) is 7.51. The average Bonchev–Trinajstić information content (AvgIpc) is 2.61. The number of non-ortho nitro benzene ring substituents is 1. The summed E-state index contributed by atoms with van der Waals surface area (Å²) in [6, 6.07) is 0.145. The average molecular weight is 509 g/mol. The predicted octanol–water partition coefficient (Wildman–Crippen LogP) is 6.50. The number of nitrogens with one attached hydrogen (secondary N) is 1. The zero-order valence-corrected chi connectivity index (χ0v) is 16.1. The molecule has 2 rings (SSSR count). The largest absolute Gasteiger partial charge is 0.424 e. The summed E-state index contributed by atoms with van der Waals surface area (Å²) in [4.78, 5) is 28.7. The van der Waals surface area contributed by atoms with Gasteiger partial charge in [-0.3, -0.25) is 30.3 Å². The molecule has 10 nitrogen and oxygen atoms in total. The highest BCUT2D eigenvalue weighted by atomic mass is 35.5. The molecule has 172 valence electrons. The highest BCUT2D eigenvalue weighted by Gasteiger charge is 2.44. The van der Waals surface area contributed by atoms with E-state index in [0.717, 1.165) is 0 Å². The topological polar surface area (TPSA) is 141 Å². The monoisotopic (exact) mass is 508 g/mol. The van der Waals surface area contributed by atoms with E-state index in [9.17, 15) is 56.7 Å². The molecular weight excluding hydrogens is 505 g/mol. The van der Waals surface area contributed by atoms with Gasteiger partial charge in [-0.15, -0.1) is 0 Å². The third-order valence-corrected chi connectivity index (χ3v) is 4.42. The number of nitrogens with zero attached hydrogens (tertiary/aromatic N) is 3. The minimum atomic E-state index is -5.48. The summed E-state index contributed by atoms with van der Waals surface area (Å²) in [5.41, 5.74) is -11.3. The van der Waals surface area contributed by atoms with E-state index in [0.29, 0.717) is 0 Å². The summed E-state index contributed by atoms with van der Waals surface area (Å²) in [7, 11) is 0. The molecule has 0 saturated carbocycles. The van der Waals surface area contributed by atoms with Gasteiger partial charge in [0.05, 0.1) is 42.1 Å². The van der Waals surface area contributed by atoms with Gasteiger partial charge in [-0.2, -0.15) is 26.3 Å². The lowest BCUT2D eigenvalue weighted by atomic mass is 10.1. The van der Waals surface area contributed by atoms with E-state index in [-0.39, 0.29) is 18.2 Å². The van der Waals surface area contributed by atoms with Gasteiger partial charge in [0.15, 0.2) is 5.56 Å². The van der Waals surface area contributed by atoms with Crippen LogP contribution in [0, 0.1) is 30.3 Å². The molecule has 32 heavy (non-hydrogen) atoms. The molecule has 0 saturated heterocycles. The van der Waals surface area contributed by atoms with E-state index in [1.54, 1.807) is 5.32 Å². The Hall–Kier alpha value is -3.40. The second-order valence-electron chi connectivity index (χ2n) is 5.72. The molecule has 1 N–H and O–H groups in total. The van der Waals surface area contributed by atoms with Crippen molar-refractivity contribution in [1.82, 2.24) is 0 Å². The van der Waals surface area contributed by atoms with Gasteiger partial charge in [-0.05, 0) is 0 Å². The van der Waals surface area contributed by atoms with E-state index >= 15 is 0 Å². The van der Waals surface area contributed by atoms with Crippen LogP contribution in [0.3, 0.4) is 0 Å². The number of halogens is 8. The molecule has 0 amide bonds. The number of rotatable bonds is 5. The van der Waals surface area contributed by atoms with E-state index < -0.39 is 76.7 Å². The lowest BCUT2D eigenvalue weighted by Crippen LogP contribution is -2.14. The van der Waals surface area contributed by atoms with Gasteiger partial charge in [0.2, 0.25) is 0 Å². The summed E-state index contributed by atoms with van der Waals surface area (Å²) in [6.45, 7) is 0. The third-order valence-electron chi connectivity index (χ3n) is 3.74. The second-order valence-corrected chi connectivity index (χ2v) is 6.51. The number of anilines is 2. The van der Waals surface area contributed by atoms with Crippen molar-refractivity contribution in [3.8, 4) is 0 Å². The van der Waals surface area contributed by atoms with Crippen LogP contribution in [0.4, 0.5) is 54.8 Å². The second kappa shape index (κ2) is 8.27. The van der Waals surface area contributed by atoms with E-state index in [1.807, 2.05) is 0 Å². The summed E-state index contributed by atoms with van der Waals surface area (Å²) in [5.74, 6) is 0. The van der Waals surface area contributed by atoms with Crippen molar-refractivity contribution in [2.24, 2.45) is 0 Å². The molecule has 0 atom stereocenters. The Morgan fingerprint density at radius 3 is 1.69 bits per heavy atom. The fourth-order valence-corrected chi connectivity index (χ4v) is 3.12. The van der Waals surface area contributed by atoms with Gasteiger partial charge in [0.1, 0.15) is 5.69 Å². The Balaban J connectivity index is 2.92. The number of hydrogen-bond donors (Lipinski definition) is 1. The van der Waals surface area contributed by atoms with Crippen molar-refractivity contribution in [2.75, 3.05) is 5.32 Å². The number of nitro benzene ring substituents is 3. The first-order chi connectivity index (χ1) is 14.5. The minimum absolute atomic E-state index is 0.104. The van der Waals surface area contributed by atoms with Gasteiger partial charge in [0, 0.05) is 12.1 Å². The molecule has 0 radical (unpaired) electrons. The van der Waals surface area contributed by atoms with Crippen LogP contribution in [0.1, 0.15) is 11.1 Å². The summed E-state index contributed by atoms with van der Waals surface area (Å²) in [5, 5.41) is 32.1. The first kappa shape index (κ1) is 24.9. The third kappa shape index (κ3) is 4.75. The predicted molar refractivity (Wildman–Crippen MR) is 96.2 cm³/mol. The Morgan fingerprint density at radius 2 is 1.28 bits per heavy atom. The van der Waals surface area contributed by atoms with Crippen LogP contribution in [0.5, 0.6) is 0 Å². The summed E-state index contributed by atoms with van der Waals surface area (Å²) < 4.78 is 80.3. The molecule has 0 fully saturated rings. The molecule has 2 aromatic rings. The number of nitro groups is 3. The maximum atomic E-state index is 13.5. The van der Waals surface area contributed by atoms with Crippen molar-refractivity contribution in [2.45, 2.75) is 12.4 Å². The van der Waals surface area contributed by atoms with Crippen molar-refractivity contribution in [3.63, 3.8) is 0 Å². The zero-order valence-electron chi connectivity index (χ0n) is 14.5. The van der Waals surface area contributed by atoms with E-state index in [4.69, 9.17) is 23.2 Å². The lowest BCUT2D eigenvalue weighted by Gasteiger charge is -2.18. The number of alkyl halides is 6. The summed E-state index contributed by atoms with van der Waals surface area (Å²) in [6.07, 6.45) is -10.9. The molecule has 0 aromatic heterocycles. The molecular formula is C14H4Cl2F6N4O6. The van der Waals surface area contributed by atoms with E-state index in [2.05, 4.69) is 0 Å². The number of hydrogen-bond acceptors (Lipinski definition) is 7. The Kier molecular flexibility index (Phi) is 6.42. The van der Waals surface area contributed by atoms with E-state index in [1.165, 1.54) is 0 Å². The highest BCUT2D eigenvalue weighted by Crippen LogP contribution is 2.50. The normalized spacial score (nSPS) is 11.9. The molecule has 18 heteroatoms. The van der Waals surface area contributed by atoms with Gasteiger partial charge in [-0.1, -0.05) is 23.2 Å². The molecule has 2 aromatic carbocycles. The lowest BCUT2D eigenvalue weighted by molar-refractivity contribution is -0.394. The van der Waals surface area contributed by atoms with Gasteiger partial charge >= 0.3 is 12.4 Å². The molecule has 0 aliphatic carbocycles. The van der Waals surface area contributed by atoms with Gasteiger partial charge < -0.3 is 5.32 Å². The molecule has 0 aliphatic heterocycles. The van der Waals surface area contributed by atoms with Crippen LogP contribution < -0.4 is 5.32 Å². The maximum Gasteiger partial charge on any atom is 0.424 e. The fourth-order valence-electron chi connectivity index (χ4n) is 2.48. The fraction of sp³-hybridized carbons (Fsp3) is 0.143. The van der Waals surface area contributed by atoms with Crippen LogP contribution >= 0.6 is 23.2 Å². The first-order valence-corrected chi connectivity index (χ1v) is 8.27. The highest BCUT2D eigenvalue weighted by molar-refractivity contribution is 6.40. The van der Waals surface area contributed by atoms with Gasteiger partial charge in [-0.25, -0.2) is 0 Å². The Morgan fingerprint density at radius 1 is 0.750 bits per heavy atom. The molecule has 0 bridgehead atoms. The van der Waals surface area contributed by atoms with Crippen LogP contribution in [-0.4, -0.2) is 14.8 Å².